The lowest BCUT2D eigenvalue weighted by atomic mass is 10.0. The zero-order valence-corrected chi connectivity index (χ0v) is 19.1. The van der Waals surface area contributed by atoms with E-state index in [1.165, 1.54) is 0 Å². The third-order valence-corrected chi connectivity index (χ3v) is 4.71. The minimum absolute atomic E-state index is 0.00702. The maximum absolute atomic E-state index is 12.9. The molecule has 0 aliphatic carbocycles. The van der Waals surface area contributed by atoms with Crippen LogP contribution in [0.4, 0.5) is 10.6 Å². The highest BCUT2D eigenvalue weighted by atomic mass is 16.2. The molecule has 29 heavy (non-hydrogen) atoms. The van der Waals surface area contributed by atoms with Crippen molar-refractivity contribution in [1.29, 1.82) is 0 Å². The molecule has 0 spiro atoms. The lowest BCUT2D eigenvalue weighted by Gasteiger charge is -2.27. The molecule has 6 heteroatoms. The van der Waals surface area contributed by atoms with Gasteiger partial charge in [0.1, 0.15) is 5.82 Å². The number of amides is 2. The fourth-order valence-corrected chi connectivity index (χ4v) is 3.48. The fourth-order valence-electron chi connectivity index (χ4n) is 3.48. The molecule has 1 N–H and O–H groups in total. The predicted octanol–water partition coefficient (Wildman–Crippen LogP) is 4.64. The Morgan fingerprint density at radius 3 is 2.31 bits per heavy atom. The van der Waals surface area contributed by atoms with Crippen molar-refractivity contribution in [2.45, 2.75) is 53.5 Å². The van der Waals surface area contributed by atoms with E-state index in [1.807, 2.05) is 41.9 Å². The van der Waals surface area contributed by atoms with Crippen LogP contribution in [0, 0.1) is 5.92 Å². The van der Waals surface area contributed by atoms with Crippen LogP contribution in [-0.2, 0) is 6.54 Å². The first-order valence-electron chi connectivity index (χ1n) is 10.6. The molecule has 0 saturated heterocycles. The monoisotopic (exact) mass is 399 g/mol. The van der Waals surface area contributed by atoms with Crippen LogP contribution in [0.25, 0.3) is 5.69 Å². The largest absolute Gasteiger partial charge is 0.362 e. The Bertz CT molecular complexity index is 780. The van der Waals surface area contributed by atoms with Gasteiger partial charge >= 0.3 is 6.03 Å². The zero-order valence-electron chi connectivity index (χ0n) is 19.1. The molecule has 0 radical (unpaired) electrons. The molecule has 2 rings (SSSR count). The molecule has 0 unspecified atom stereocenters. The van der Waals surface area contributed by atoms with Crippen molar-refractivity contribution >= 4 is 11.8 Å². The van der Waals surface area contributed by atoms with E-state index in [0.29, 0.717) is 25.6 Å². The molecule has 2 amide bonds. The SMILES string of the molecule is CCCNC(=O)N(Cc1c(C(C)C)nn(-c2ccccc2)c1N(C)C)CC(C)C. The number of para-hydroxylation sites is 1. The van der Waals surface area contributed by atoms with Crippen LogP contribution >= 0.6 is 0 Å². The van der Waals surface area contributed by atoms with Crippen LogP contribution in [0.5, 0.6) is 0 Å². The minimum atomic E-state index is -0.00702. The number of nitrogens with one attached hydrogen (secondary N) is 1. The first kappa shape index (κ1) is 22.8. The molecule has 0 fully saturated rings. The molecule has 0 aliphatic heterocycles. The Kier molecular flexibility index (Phi) is 8.11. The van der Waals surface area contributed by atoms with E-state index >= 15 is 0 Å². The Morgan fingerprint density at radius 2 is 1.79 bits per heavy atom. The fraction of sp³-hybridized carbons (Fsp3) is 0.565. The van der Waals surface area contributed by atoms with Crippen molar-refractivity contribution in [1.82, 2.24) is 20.0 Å². The van der Waals surface area contributed by atoms with Crippen LogP contribution in [0.2, 0.25) is 0 Å². The van der Waals surface area contributed by atoms with E-state index in [0.717, 1.165) is 29.2 Å². The average molecular weight is 400 g/mol. The number of carbonyl (C=O) groups excluding carboxylic acids is 1. The van der Waals surface area contributed by atoms with Gasteiger partial charge in [-0.15, -0.1) is 0 Å². The van der Waals surface area contributed by atoms with Crippen molar-refractivity contribution in [3.05, 3.63) is 41.6 Å². The molecule has 2 aromatic rings. The number of carbonyl (C=O) groups is 1. The Labute approximate surface area is 175 Å². The number of anilines is 1. The smallest absolute Gasteiger partial charge is 0.317 e. The quantitative estimate of drug-likeness (QED) is 0.668. The Morgan fingerprint density at radius 1 is 1.14 bits per heavy atom. The molecule has 1 heterocycles. The first-order chi connectivity index (χ1) is 13.8. The van der Waals surface area contributed by atoms with Gasteiger partial charge in [-0.25, -0.2) is 9.48 Å². The molecular weight excluding hydrogens is 362 g/mol. The summed E-state index contributed by atoms with van der Waals surface area (Å²) < 4.78 is 2.00. The third kappa shape index (κ3) is 5.75. The Balaban J connectivity index is 2.53. The molecular formula is C23H37N5O. The van der Waals surface area contributed by atoms with Crippen molar-refractivity contribution in [2.75, 3.05) is 32.1 Å². The van der Waals surface area contributed by atoms with Gasteiger partial charge in [0.25, 0.3) is 0 Å². The summed E-state index contributed by atoms with van der Waals surface area (Å²) in [6.45, 7) is 12.6. The van der Waals surface area contributed by atoms with E-state index < -0.39 is 0 Å². The number of rotatable bonds is 9. The molecule has 160 valence electrons. The van der Waals surface area contributed by atoms with Crippen LogP contribution in [0.3, 0.4) is 0 Å². The van der Waals surface area contributed by atoms with Crippen LogP contribution in [0.15, 0.2) is 30.3 Å². The number of hydrogen-bond donors (Lipinski definition) is 1. The van der Waals surface area contributed by atoms with Crippen molar-refractivity contribution < 1.29 is 4.79 Å². The molecule has 0 aliphatic rings. The van der Waals surface area contributed by atoms with E-state index in [1.54, 1.807) is 0 Å². The normalized spacial score (nSPS) is 11.2. The number of benzene rings is 1. The zero-order chi connectivity index (χ0) is 21.6. The maximum Gasteiger partial charge on any atom is 0.317 e. The van der Waals surface area contributed by atoms with Gasteiger partial charge in [-0.3, -0.25) is 0 Å². The van der Waals surface area contributed by atoms with Gasteiger partial charge in [0.15, 0.2) is 0 Å². The van der Waals surface area contributed by atoms with E-state index in [9.17, 15) is 4.79 Å². The molecule has 0 saturated carbocycles. The topological polar surface area (TPSA) is 53.4 Å². The standard InChI is InChI=1S/C23H37N5O/c1-8-14-24-23(29)27(15-17(2)3)16-20-21(18(4)5)25-28(22(20)26(6)7)19-12-10-9-11-13-19/h9-13,17-18H,8,14-16H2,1-7H3,(H,24,29). The second-order valence-electron chi connectivity index (χ2n) is 8.49. The summed E-state index contributed by atoms with van der Waals surface area (Å²) in [5.74, 6) is 1.67. The molecule has 0 atom stereocenters. The van der Waals surface area contributed by atoms with Crippen LogP contribution in [-0.4, -0.2) is 47.9 Å². The third-order valence-electron chi connectivity index (χ3n) is 4.71. The van der Waals surface area contributed by atoms with E-state index in [2.05, 4.69) is 57.0 Å². The van der Waals surface area contributed by atoms with Gasteiger partial charge in [-0.2, -0.15) is 5.10 Å². The summed E-state index contributed by atoms with van der Waals surface area (Å²) in [5, 5.41) is 8.01. The van der Waals surface area contributed by atoms with Gasteiger partial charge in [0, 0.05) is 32.7 Å². The minimum Gasteiger partial charge on any atom is -0.362 e. The highest BCUT2D eigenvalue weighted by molar-refractivity contribution is 5.74. The first-order valence-corrected chi connectivity index (χ1v) is 10.6. The molecule has 1 aromatic heterocycles. The summed E-state index contributed by atoms with van der Waals surface area (Å²) in [7, 11) is 4.07. The van der Waals surface area contributed by atoms with Gasteiger partial charge in [-0.1, -0.05) is 52.8 Å². The second-order valence-corrected chi connectivity index (χ2v) is 8.49. The van der Waals surface area contributed by atoms with Crippen LogP contribution < -0.4 is 10.2 Å². The van der Waals surface area contributed by atoms with Crippen molar-refractivity contribution in [3.63, 3.8) is 0 Å². The van der Waals surface area contributed by atoms with Gasteiger partial charge in [0.05, 0.1) is 17.9 Å². The average Bonchev–Trinajstić information content (AvgIpc) is 3.05. The van der Waals surface area contributed by atoms with Crippen molar-refractivity contribution in [2.24, 2.45) is 5.92 Å². The summed E-state index contributed by atoms with van der Waals surface area (Å²) in [6.07, 6.45) is 0.924. The summed E-state index contributed by atoms with van der Waals surface area (Å²) >= 11 is 0. The van der Waals surface area contributed by atoms with E-state index in [-0.39, 0.29) is 11.9 Å². The highest BCUT2D eigenvalue weighted by Crippen LogP contribution is 2.31. The summed E-state index contributed by atoms with van der Waals surface area (Å²) in [5.41, 5.74) is 3.17. The number of hydrogen-bond acceptors (Lipinski definition) is 3. The predicted molar refractivity (Wildman–Crippen MR) is 121 cm³/mol. The van der Waals surface area contributed by atoms with Crippen molar-refractivity contribution in [3.8, 4) is 5.69 Å². The number of urea groups is 1. The van der Waals surface area contributed by atoms with Gasteiger partial charge in [-0.05, 0) is 30.4 Å². The second kappa shape index (κ2) is 10.3. The summed E-state index contributed by atoms with van der Waals surface area (Å²) in [6, 6.07) is 10.2. The lowest BCUT2D eigenvalue weighted by Crippen LogP contribution is -2.42. The van der Waals surface area contributed by atoms with Crippen LogP contribution in [0.1, 0.15) is 58.2 Å². The van der Waals surface area contributed by atoms with Gasteiger partial charge < -0.3 is 15.1 Å². The summed E-state index contributed by atoms with van der Waals surface area (Å²) in [4.78, 5) is 16.9. The number of nitrogens with zero attached hydrogens (tertiary/aromatic N) is 4. The molecule has 1 aromatic carbocycles. The lowest BCUT2D eigenvalue weighted by molar-refractivity contribution is 0.187. The van der Waals surface area contributed by atoms with E-state index in [4.69, 9.17) is 5.10 Å². The molecule has 0 bridgehead atoms. The molecule has 6 nitrogen and oxygen atoms in total. The van der Waals surface area contributed by atoms with Gasteiger partial charge in [0.2, 0.25) is 0 Å². The highest BCUT2D eigenvalue weighted by Gasteiger charge is 2.26. The maximum atomic E-state index is 12.9. The Hall–Kier alpha value is -2.50. The number of aromatic nitrogens is 2.